The summed E-state index contributed by atoms with van der Waals surface area (Å²) in [6.45, 7) is 0.810. The minimum Gasteiger partial charge on any atom is -0.309 e. The summed E-state index contributed by atoms with van der Waals surface area (Å²) in [5.74, 6) is 2.99. The highest BCUT2D eigenvalue weighted by Gasteiger charge is 2.51. The van der Waals surface area contributed by atoms with Crippen molar-refractivity contribution in [1.82, 2.24) is 4.90 Å². The standard InChI is InChI=1S/C21H31NO2S/c1-22(2)8-3-9-25(23,24)20-6-4-19(5-7-20)21-13-16-10-17(14-21)12-18(11-16)15-21/h4-7,16-18H,3,8-15H2,1-2H3. The molecule has 1 aromatic carbocycles. The number of benzene rings is 1. The molecule has 4 aliphatic carbocycles. The number of nitrogens with zero attached hydrogens (tertiary/aromatic N) is 1. The summed E-state index contributed by atoms with van der Waals surface area (Å²) in [6.07, 6.45) is 8.99. The van der Waals surface area contributed by atoms with Crippen molar-refractivity contribution in [2.45, 2.75) is 55.3 Å². The highest BCUT2D eigenvalue weighted by atomic mass is 32.2. The van der Waals surface area contributed by atoms with Crippen molar-refractivity contribution >= 4 is 9.84 Å². The summed E-state index contributed by atoms with van der Waals surface area (Å²) in [6, 6.07) is 8.01. The fourth-order valence-corrected chi connectivity index (χ4v) is 7.46. The van der Waals surface area contributed by atoms with Crippen LogP contribution in [-0.2, 0) is 15.3 Å². The molecule has 4 bridgehead atoms. The van der Waals surface area contributed by atoms with Gasteiger partial charge in [0.15, 0.2) is 9.84 Å². The van der Waals surface area contributed by atoms with Crippen molar-refractivity contribution < 1.29 is 8.42 Å². The third-order valence-electron chi connectivity index (χ3n) is 6.88. The summed E-state index contributed by atoms with van der Waals surface area (Å²) in [5, 5.41) is 0. The van der Waals surface area contributed by atoms with Crippen LogP contribution in [0.25, 0.3) is 0 Å². The van der Waals surface area contributed by atoms with Gasteiger partial charge in [-0.15, -0.1) is 0 Å². The topological polar surface area (TPSA) is 37.4 Å². The first-order valence-corrected chi connectivity index (χ1v) is 11.5. The molecule has 0 aromatic heterocycles. The molecule has 4 fully saturated rings. The molecule has 0 N–H and O–H groups in total. The Hall–Kier alpha value is -0.870. The average Bonchev–Trinajstić information content (AvgIpc) is 2.53. The second-order valence-corrected chi connectivity index (χ2v) is 11.3. The van der Waals surface area contributed by atoms with Crippen LogP contribution in [0.5, 0.6) is 0 Å². The Morgan fingerprint density at radius 2 is 1.48 bits per heavy atom. The van der Waals surface area contributed by atoms with Gasteiger partial charge in [-0.1, -0.05) is 12.1 Å². The highest BCUT2D eigenvalue weighted by Crippen LogP contribution is 2.60. The predicted octanol–water partition coefficient (Wildman–Crippen LogP) is 3.88. The van der Waals surface area contributed by atoms with E-state index in [1.54, 1.807) is 0 Å². The van der Waals surface area contributed by atoms with Crippen molar-refractivity contribution in [3.63, 3.8) is 0 Å². The van der Waals surface area contributed by atoms with E-state index in [4.69, 9.17) is 0 Å². The molecular weight excluding hydrogens is 330 g/mol. The third-order valence-corrected chi connectivity index (χ3v) is 8.70. The monoisotopic (exact) mass is 361 g/mol. The van der Waals surface area contributed by atoms with Crippen molar-refractivity contribution in [2.75, 3.05) is 26.4 Å². The van der Waals surface area contributed by atoms with Crippen LogP contribution in [0.15, 0.2) is 29.2 Å². The van der Waals surface area contributed by atoms with Gasteiger partial charge in [-0.25, -0.2) is 8.42 Å². The first kappa shape index (κ1) is 17.5. The second kappa shape index (κ2) is 6.38. The Labute approximate surface area is 152 Å². The molecule has 0 aliphatic heterocycles. The minimum atomic E-state index is -3.16. The van der Waals surface area contributed by atoms with E-state index < -0.39 is 9.84 Å². The third kappa shape index (κ3) is 3.40. The van der Waals surface area contributed by atoms with Gasteiger partial charge in [0.25, 0.3) is 0 Å². The average molecular weight is 362 g/mol. The minimum absolute atomic E-state index is 0.238. The Kier molecular flexibility index (Phi) is 4.48. The molecule has 25 heavy (non-hydrogen) atoms. The molecule has 0 unspecified atom stereocenters. The van der Waals surface area contributed by atoms with Gasteiger partial charge in [0, 0.05) is 0 Å². The van der Waals surface area contributed by atoms with Gasteiger partial charge in [-0.3, -0.25) is 0 Å². The smallest absolute Gasteiger partial charge is 0.178 e. The largest absolute Gasteiger partial charge is 0.309 e. The normalized spacial score (nSPS) is 34.0. The van der Waals surface area contributed by atoms with E-state index in [9.17, 15) is 8.42 Å². The highest BCUT2D eigenvalue weighted by molar-refractivity contribution is 7.91. The van der Waals surface area contributed by atoms with E-state index in [1.165, 1.54) is 44.1 Å². The lowest BCUT2D eigenvalue weighted by Gasteiger charge is -2.57. The van der Waals surface area contributed by atoms with Crippen LogP contribution in [0.3, 0.4) is 0 Å². The summed E-state index contributed by atoms with van der Waals surface area (Å²) in [5.41, 5.74) is 1.75. The van der Waals surface area contributed by atoms with Crippen LogP contribution in [0.2, 0.25) is 0 Å². The quantitative estimate of drug-likeness (QED) is 0.772. The zero-order chi connectivity index (χ0) is 17.7. The van der Waals surface area contributed by atoms with Crippen molar-refractivity contribution in [1.29, 1.82) is 0 Å². The van der Waals surface area contributed by atoms with E-state index in [-0.39, 0.29) is 5.75 Å². The van der Waals surface area contributed by atoms with Gasteiger partial charge < -0.3 is 4.90 Å². The lowest BCUT2D eigenvalue weighted by Crippen LogP contribution is -2.48. The van der Waals surface area contributed by atoms with Gasteiger partial charge in [0.2, 0.25) is 0 Å². The van der Waals surface area contributed by atoms with Crippen LogP contribution >= 0.6 is 0 Å². The van der Waals surface area contributed by atoms with E-state index in [2.05, 4.69) is 12.1 Å². The molecule has 0 spiro atoms. The summed E-state index contributed by atoms with van der Waals surface area (Å²) in [7, 11) is 0.803. The fourth-order valence-electron chi connectivity index (χ4n) is 6.17. The van der Waals surface area contributed by atoms with Gasteiger partial charge in [0.1, 0.15) is 0 Å². The maximum absolute atomic E-state index is 12.6. The summed E-state index contributed by atoms with van der Waals surface area (Å²) in [4.78, 5) is 2.53. The maximum Gasteiger partial charge on any atom is 0.178 e. The molecule has 0 saturated heterocycles. The van der Waals surface area contributed by atoms with Gasteiger partial charge in [0.05, 0.1) is 10.6 Å². The molecule has 4 saturated carbocycles. The van der Waals surface area contributed by atoms with Crippen LogP contribution in [0.1, 0.15) is 50.5 Å². The van der Waals surface area contributed by atoms with Crippen LogP contribution in [-0.4, -0.2) is 39.7 Å². The van der Waals surface area contributed by atoms with Crippen LogP contribution in [0.4, 0.5) is 0 Å². The molecular formula is C21H31NO2S. The number of hydrogen-bond acceptors (Lipinski definition) is 3. The van der Waals surface area contributed by atoms with E-state index in [0.717, 1.165) is 24.3 Å². The predicted molar refractivity (Wildman–Crippen MR) is 102 cm³/mol. The Bertz CT molecular complexity index is 685. The van der Waals surface area contributed by atoms with Crippen LogP contribution < -0.4 is 0 Å². The zero-order valence-electron chi connectivity index (χ0n) is 15.6. The van der Waals surface area contributed by atoms with Crippen molar-refractivity contribution in [3.05, 3.63) is 29.8 Å². The molecule has 5 rings (SSSR count). The van der Waals surface area contributed by atoms with Gasteiger partial charge >= 0.3 is 0 Å². The molecule has 0 heterocycles. The fraction of sp³-hybridized carbons (Fsp3) is 0.714. The Morgan fingerprint density at radius 1 is 0.960 bits per heavy atom. The lowest BCUT2D eigenvalue weighted by atomic mass is 9.48. The van der Waals surface area contributed by atoms with Gasteiger partial charge in [-0.2, -0.15) is 0 Å². The van der Waals surface area contributed by atoms with E-state index in [1.807, 2.05) is 31.1 Å². The molecule has 138 valence electrons. The van der Waals surface area contributed by atoms with Crippen LogP contribution in [0, 0.1) is 17.8 Å². The molecule has 0 atom stereocenters. The molecule has 0 amide bonds. The van der Waals surface area contributed by atoms with Crippen molar-refractivity contribution in [2.24, 2.45) is 17.8 Å². The summed E-state index contributed by atoms with van der Waals surface area (Å²) >= 11 is 0. The van der Waals surface area contributed by atoms with Crippen molar-refractivity contribution in [3.8, 4) is 0 Å². The lowest BCUT2D eigenvalue weighted by molar-refractivity contribution is -0.00521. The molecule has 4 aliphatic rings. The Morgan fingerprint density at radius 3 is 1.96 bits per heavy atom. The first-order valence-electron chi connectivity index (χ1n) is 9.84. The number of rotatable bonds is 6. The van der Waals surface area contributed by atoms with E-state index in [0.29, 0.717) is 16.7 Å². The molecule has 0 radical (unpaired) electrons. The number of hydrogen-bond donors (Lipinski definition) is 0. The maximum atomic E-state index is 12.6. The zero-order valence-corrected chi connectivity index (χ0v) is 16.4. The number of sulfone groups is 1. The van der Waals surface area contributed by atoms with Gasteiger partial charge in [-0.05, 0) is 106 Å². The first-order chi connectivity index (χ1) is 11.9. The second-order valence-electron chi connectivity index (χ2n) is 9.20. The Balaban J connectivity index is 1.51. The summed E-state index contributed by atoms with van der Waals surface area (Å²) < 4.78 is 25.1. The van der Waals surface area contributed by atoms with E-state index >= 15 is 0 Å². The molecule has 3 nitrogen and oxygen atoms in total. The molecule has 1 aromatic rings. The molecule has 4 heteroatoms. The SMILES string of the molecule is CN(C)CCCS(=O)(=O)c1ccc(C23CC4CC(CC(C4)C2)C3)cc1.